The maximum atomic E-state index is 10.4. The van der Waals surface area contributed by atoms with Crippen LogP contribution in [0.15, 0.2) is 0 Å². The summed E-state index contributed by atoms with van der Waals surface area (Å²) >= 11 is 1.36. The molecule has 4 N–H and O–H groups in total. The van der Waals surface area contributed by atoms with Crippen LogP contribution in [0.4, 0.5) is 0 Å². The molecular formula is C6H14N2O2S. The van der Waals surface area contributed by atoms with Crippen LogP contribution in [0.25, 0.3) is 0 Å². The topological polar surface area (TPSA) is 75.3 Å². The maximum absolute atomic E-state index is 10.4. The first-order valence-corrected chi connectivity index (χ1v) is 4.49. The first-order valence-electron chi connectivity index (χ1n) is 3.44. The van der Waals surface area contributed by atoms with Gasteiger partial charge >= 0.3 is 5.97 Å². The van der Waals surface area contributed by atoms with Gasteiger partial charge in [-0.05, 0) is 25.8 Å². The Bertz CT molecular complexity index is 121. The van der Waals surface area contributed by atoms with Crippen LogP contribution in [-0.4, -0.2) is 35.8 Å². The molecule has 0 spiro atoms. The van der Waals surface area contributed by atoms with Crippen LogP contribution in [0.1, 0.15) is 6.42 Å². The van der Waals surface area contributed by atoms with Gasteiger partial charge in [0.05, 0.1) is 0 Å². The molecule has 4 nitrogen and oxygen atoms in total. The van der Waals surface area contributed by atoms with Crippen molar-refractivity contribution in [3.05, 3.63) is 0 Å². The lowest BCUT2D eigenvalue weighted by Gasteiger charge is -2.09. The molecule has 0 aliphatic heterocycles. The van der Waals surface area contributed by atoms with Crippen molar-refractivity contribution in [3.63, 3.8) is 0 Å². The van der Waals surface area contributed by atoms with Crippen LogP contribution >= 0.6 is 11.8 Å². The van der Waals surface area contributed by atoms with E-state index >= 15 is 0 Å². The Hall–Kier alpha value is -0.260. The predicted molar refractivity (Wildman–Crippen MR) is 46.6 cm³/mol. The van der Waals surface area contributed by atoms with Gasteiger partial charge in [-0.2, -0.15) is 0 Å². The van der Waals surface area contributed by atoms with E-state index in [0.717, 1.165) is 12.2 Å². The molecule has 5 heteroatoms. The number of thioether (sulfide) groups is 1. The number of carboxylic acids is 1. The van der Waals surface area contributed by atoms with Crippen LogP contribution in [-0.2, 0) is 4.79 Å². The molecule has 0 fully saturated rings. The van der Waals surface area contributed by atoms with Crippen molar-refractivity contribution in [2.24, 2.45) is 5.73 Å². The molecule has 0 radical (unpaired) electrons. The lowest BCUT2D eigenvalue weighted by Crippen LogP contribution is -2.30. The molecule has 0 unspecified atom stereocenters. The lowest BCUT2D eigenvalue weighted by atomic mass is 10.5. The first-order chi connectivity index (χ1) is 5.22. The van der Waals surface area contributed by atoms with E-state index in [4.69, 9.17) is 10.8 Å². The molecule has 0 aliphatic carbocycles. The molecule has 11 heavy (non-hydrogen) atoms. The van der Waals surface area contributed by atoms with Gasteiger partial charge < -0.3 is 10.8 Å². The van der Waals surface area contributed by atoms with E-state index in [2.05, 4.69) is 5.32 Å². The highest BCUT2D eigenvalue weighted by Gasteiger charge is 2.13. The van der Waals surface area contributed by atoms with Crippen molar-refractivity contribution in [2.75, 3.05) is 19.3 Å². The van der Waals surface area contributed by atoms with Crippen LogP contribution in [0.5, 0.6) is 0 Å². The van der Waals surface area contributed by atoms with Gasteiger partial charge in [0, 0.05) is 0 Å². The Labute approximate surface area is 70.5 Å². The zero-order chi connectivity index (χ0) is 8.69. The molecule has 0 aromatic carbocycles. The summed E-state index contributed by atoms with van der Waals surface area (Å²) < 4.78 is 0. The molecule has 0 amide bonds. The SMILES string of the molecule is CN[C@@H](SCCCN)C(=O)O. The third-order valence-electron chi connectivity index (χ3n) is 1.12. The fourth-order valence-corrected chi connectivity index (χ4v) is 1.44. The smallest absolute Gasteiger partial charge is 0.331 e. The molecular weight excluding hydrogens is 164 g/mol. The Morgan fingerprint density at radius 2 is 2.45 bits per heavy atom. The number of hydrogen-bond acceptors (Lipinski definition) is 4. The summed E-state index contributed by atoms with van der Waals surface area (Å²) in [6.45, 7) is 0.614. The van der Waals surface area contributed by atoms with Crippen molar-refractivity contribution in [1.82, 2.24) is 5.32 Å². The normalized spacial score (nSPS) is 12.9. The second kappa shape index (κ2) is 6.45. The van der Waals surface area contributed by atoms with Gasteiger partial charge in [-0.1, -0.05) is 0 Å². The zero-order valence-corrected chi connectivity index (χ0v) is 7.36. The Kier molecular flexibility index (Phi) is 6.30. The van der Waals surface area contributed by atoms with Crippen molar-refractivity contribution in [1.29, 1.82) is 0 Å². The average molecular weight is 178 g/mol. The summed E-state index contributed by atoms with van der Waals surface area (Å²) in [5, 5.41) is 10.7. The minimum atomic E-state index is -0.825. The largest absolute Gasteiger partial charge is 0.479 e. The summed E-state index contributed by atoms with van der Waals surface area (Å²) in [7, 11) is 1.63. The van der Waals surface area contributed by atoms with Gasteiger partial charge in [0.2, 0.25) is 0 Å². The fourth-order valence-electron chi connectivity index (χ4n) is 0.563. The van der Waals surface area contributed by atoms with Gasteiger partial charge in [-0.3, -0.25) is 5.32 Å². The molecule has 0 aromatic rings. The highest BCUT2D eigenvalue weighted by Crippen LogP contribution is 2.08. The van der Waals surface area contributed by atoms with E-state index in [1.807, 2.05) is 0 Å². The molecule has 0 bridgehead atoms. The maximum Gasteiger partial charge on any atom is 0.331 e. The Morgan fingerprint density at radius 3 is 2.82 bits per heavy atom. The van der Waals surface area contributed by atoms with Gasteiger partial charge in [-0.25, -0.2) is 4.79 Å². The van der Waals surface area contributed by atoms with E-state index < -0.39 is 11.3 Å². The highest BCUT2D eigenvalue weighted by atomic mass is 32.2. The third-order valence-corrected chi connectivity index (χ3v) is 2.41. The van der Waals surface area contributed by atoms with E-state index in [-0.39, 0.29) is 0 Å². The highest BCUT2D eigenvalue weighted by molar-refractivity contribution is 8.00. The number of nitrogens with two attached hydrogens (primary N) is 1. The summed E-state index contributed by atoms with van der Waals surface area (Å²) in [5.41, 5.74) is 5.25. The van der Waals surface area contributed by atoms with E-state index in [9.17, 15) is 4.79 Å². The number of rotatable bonds is 6. The molecule has 1 atom stereocenters. The number of hydrogen-bond donors (Lipinski definition) is 3. The van der Waals surface area contributed by atoms with E-state index in [1.165, 1.54) is 11.8 Å². The van der Waals surface area contributed by atoms with Crippen LogP contribution < -0.4 is 11.1 Å². The van der Waals surface area contributed by atoms with Crippen molar-refractivity contribution in [2.45, 2.75) is 11.8 Å². The van der Waals surface area contributed by atoms with Crippen molar-refractivity contribution in [3.8, 4) is 0 Å². The van der Waals surface area contributed by atoms with Crippen molar-refractivity contribution < 1.29 is 9.90 Å². The summed E-state index contributed by atoms with van der Waals surface area (Å²) in [6, 6.07) is 0. The number of carboxylic acid groups (broad SMARTS) is 1. The van der Waals surface area contributed by atoms with Crippen molar-refractivity contribution >= 4 is 17.7 Å². The monoisotopic (exact) mass is 178 g/mol. The number of nitrogens with one attached hydrogen (secondary N) is 1. The zero-order valence-electron chi connectivity index (χ0n) is 6.54. The van der Waals surface area contributed by atoms with Crippen LogP contribution in [0, 0.1) is 0 Å². The Morgan fingerprint density at radius 1 is 1.82 bits per heavy atom. The molecule has 0 saturated carbocycles. The third kappa shape index (κ3) is 5.06. The standard InChI is InChI=1S/C6H14N2O2S/c1-8-5(6(9)10)11-4-2-3-7/h5,8H,2-4,7H2,1H3,(H,9,10)/t5-/m0/s1. The minimum absolute atomic E-state index is 0.499. The second-order valence-electron chi connectivity index (χ2n) is 2.02. The first kappa shape index (κ1) is 10.7. The summed E-state index contributed by atoms with van der Waals surface area (Å²) in [4.78, 5) is 10.4. The van der Waals surface area contributed by atoms with E-state index in [0.29, 0.717) is 6.54 Å². The summed E-state index contributed by atoms with van der Waals surface area (Å²) in [6.07, 6.45) is 0.857. The van der Waals surface area contributed by atoms with Crippen LogP contribution in [0.3, 0.4) is 0 Å². The fraction of sp³-hybridized carbons (Fsp3) is 0.833. The predicted octanol–water partition coefficient (Wildman–Crippen LogP) is -0.301. The molecule has 0 aromatic heterocycles. The summed E-state index contributed by atoms with van der Waals surface area (Å²) in [5.74, 6) is -0.0385. The van der Waals surface area contributed by atoms with Gasteiger partial charge in [-0.15, -0.1) is 11.8 Å². The van der Waals surface area contributed by atoms with Gasteiger partial charge in [0.1, 0.15) is 0 Å². The molecule has 0 saturated heterocycles. The molecule has 66 valence electrons. The quantitative estimate of drug-likeness (QED) is 0.384. The van der Waals surface area contributed by atoms with Crippen LogP contribution in [0.2, 0.25) is 0 Å². The Balaban J connectivity index is 3.44. The lowest BCUT2D eigenvalue weighted by molar-refractivity contribution is -0.136. The molecule has 0 aliphatic rings. The average Bonchev–Trinajstić information content (AvgIpc) is 1.97. The second-order valence-corrected chi connectivity index (χ2v) is 3.23. The molecule has 0 heterocycles. The number of carbonyl (C=O) groups is 1. The van der Waals surface area contributed by atoms with Gasteiger partial charge in [0.15, 0.2) is 5.37 Å². The van der Waals surface area contributed by atoms with E-state index in [1.54, 1.807) is 7.05 Å². The molecule has 0 rings (SSSR count). The number of aliphatic carboxylic acids is 1. The van der Waals surface area contributed by atoms with Gasteiger partial charge in [0.25, 0.3) is 0 Å². The number of likely N-dealkylation sites (N-methyl/N-ethyl adjacent to an activating group) is 1. The minimum Gasteiger partial charge on any atom is -0.479 e.